The molecule has 6 heteroatoms. The van der Waals surface area contributed by atoms with Gasteiger partial charge >= 0.3 is 17.9 Å². The van der Waals surface area contributed by atoms with Crippen molar-refractivity contribution in [3.05, 3.63) is 97.2 Å². The van der Waals surface area contributed by atoms with E-state index in [9.17, 15) is 14.4 Å². The topological polar surface area (TPSA) is 78.9 Å². The van der Waals surface area contributed by atoms with Gasteiger partial charge in [-0.2, -0.15) is 0 Å². The predicted molar refractivity (Wildman–Crippen MR) is 325 cm³/mol. The fraction of sp³-hybridized carbons (Fsp3) is 0.725. The van der Waals surface area contributed by atoms with E-state index in [4.69, 9.17) is 14.2 Å². The van der Waals surface area contributed by atoms with Gasteiger partial charge in [-0.05, 0) is 122 Å². The molecule has 0 aliphatic carbocycles. The van der Waals surface area contributed by atoms with Crippen LogP contribution in [0.4, 0.5) is 0 Å². The minimum absolute atomic E-state index is 0.0845. The van der Waals surface area contributed by atoms with Crippen LogP contribution in [0.1, 0.15) is 303 Å². The summed E-state index contributed by atoms with van der Waals surface area (Å²) in [5.74, 6) is -0.897. The van der Waals surface area contributed by atoms with Gasteiger partial charge in [0.1, 0.15) is 13.2 Å². The van der Waals surface area contributed by atoms with Crippen LogP contribution in [0.15, 0.2) is 97.2 Å². The van der Waals surface area contributed by atoms with Crippen molar-refractivity contribution < 1.29 is 28.6 Å². The van der Waals surface area contributed by atoms with Crippen LogP contribution in [-0.4, -0.2) is 37.2 Å². The summed E-state index contributed by atoms with van der Waals surface area (Å²) >= 11 is 0. The summed E-state index contributed by atoms with van der Waals surface area (Å²) in [6.45, 7) is 6.51. The van der Waals surface area contributed by atoms with Crippen molar-refractivity contribution in [3.63, 3.8) is 0 Å². The Morgan fingerprint density at radius 1 is 0.280 bits per heavy atom. The van der Waals surface area contributed by atoms with Crippen LogP contribution in [-0.2, 0) is 28.6 Å². The summed E-state index contributed by atoms with van der Waals surface area (Å²) in [6, 6.07) is 0. The van der Waals surface area contributed by atoms with E-state index in [1.165, 1.54) is 148 Å². The Bertz CT molecular complexity index is 1480. The molecule has 0 aromatic carbocycles. The maximum absolute atomic E-state index is 12.9. The fourth-order valence-corrected chi connectivity index (χ4v) is 8.79. The first-order chi connectivity index (χ1) is 37.0. The summed E-state index contributed by atoms with van der Waals surface area (Å²) < 4.78 is 16.9. The molecular formula is C69H118O6. The summed E-state index contributed by atoms with van der Waals surface area (Å²) in [4.78, 5) is 38.2. The van der Waals surface area contributed by atoms with Crippen molar-refractivity contribution in [3.8, 4) is 0 Å². The molecule has 0 heterocycles. The summed E-state index contributed by atoms with van der Waals surface area (Å²) in [6.07, 6.45) is 84.1. The predicted octanol–water partition coefficient (Wildman–Crippen LogP) is 21.7. The normalized spacial score (nSPS) is 12.7. The number of hydrogen-bond donors (Lipinski definition) is 0. The Labute approximate surface area is 464 Å². The molecule has 0 rings (SSSR count). The third-order valence-electron chi connectivity index (χ3n) is 13.5. The zero-order valence-electron chi connectivity index (χ0n) is 49.3. The summed E-state index contributed by atoms with van der Waals surface area (Å²) in [5, 5.41) is 0. The molecule has 1 unspecified atom stereocenters. The second-order valence-electron chi connectivity index (χ2n) is 20.9. The van der Waals surface area contributed by atoms with E-state index in [1.807, 2.05) is 0 Å². The molecule has 6 nitrogen and oxygen atoms in total. The largest absolute Gasteiger partial charge is 0.462 e. The SMILES string of the molecule is CC/C=C\C/C=C\C/C=C\C/C=C\C/C=C\C/C=C\CCCCCCCCCCCCC(=O)OCC(COC(=O)CCCCCCC/C=C\CCCCCCC)OC(=O)CCCCCCC/C=C\CCCCCCC. The van der Waals surface area contributed by atoms with Crippen LogP contribution in [0.2, 0.25) is 0 Å². The average molecular weight is 1040 g/mol. The highest BCUT2D eigenvalue weighted by molar-refractivity contribution is 5.71. The molecular weight excluding hydrogens is 925 g/mol. The molecule has 0 fully saturated rings. The molecule has 0 N–H and O–H groups in total. The highest BCUT2D eigenvalue weighted by atomic mass is 16.6. The lowest BCUT2D eigenvalue weighted by Crippen LogP contribution is -2.30. The second-order valence-corrected chi connectivity index (χ2v) is 20.9. The average Bonchev–Trinajstić information content (AvgIpc) is 3.41. The number of carbonyl (C=O) groups excluding carboxylic acids is 3. The van der Waals surface area contributed by atoms with Crippen molar-refractivity contribution in [2.45, 2.75) is 309 Å². The molecule has 0 aromatic heterocycles. The Kier molecular flexibility index (Phi) is 59.8. The lowest BCUT2D eigenvalue weighted by atomic mass is 10.1. The number of esters is 3. The van der Waals surface area contributed by atoms with Gasteiger partial charge in [-0.1, -0.05) is 259 Å². The Balaban J connectivity index is 4.28. The van der Waals surface area contributed by atoms with E-state index >= 15 is 0 Å². The number of allylic oxidation sites excluding steroid dienone is 16. The van der Waals surface area contributed by atoms with Crippen LogP contribution in [0.5, 0.6) is 0 Å². The number of rotatable bonds is 57. The minimum Gasteiger partial charge on any atom is -0.462 e. The molecule has 0 spiro atoms. The van der Waals surface area contributed by atoms with Crippen LogP contribution >= 0.6 is 0 Å². The molecule has 0 aromatic rings. The zero-order valence-corrected chi connectivity index (χ0v) is 49.3. The highest BCUT2D eigenvalue weighted by Gasteiger charge is 2.19. The van der Waals surface area contributed by atoms with E-state index in [-0.39, 0.29) is 31.1 Å². The molecule has 0 amide bonds. The van der Waals surface area contributed by atoms with Crippen molar-refractivity contribution in [2.75, 3.05) is 13.2 Å². The Morgan fingerprint density at radius 2 is 0.520 bits per heavy atom. The monoisotopic (exact) mass is 1040 g/mol. The van der Waals surface area contributed by atoms with Crippen LogP contribution in [0.3, 0.4) is 0 Å². The quantitative estimate of drug-likeness (QED) is 0.0261. The van der Waals surface area contributed by atoms with Gasteiger partial charge in [0.2, 0.25) is 0 Å². The number of ether oxygens (including phenoxy) is 3. The summed E-state index contributed by atoms with van der Waals surface area (Å²) in [5.41, 5.74) is 0. The molecule has 0 bridgehead atoms. The number of carbonyl (C=O) groups is 3. The van der Waals surface area contributed by atoms with Crippen LogP contribution in [0.25, 0.3) is 0 Å². The number of hydrogen-bond acceptors (Lipinski definition) is 6. The molecule has 0 saturated carbocycles. The first kappa shape index (κ1) is 71.3. The molecule has 75 heavy (non-hydrogen) atoms. The van der Waals surface area contributed by atoms with Gasteiger partial charge in [-0.25, -0.2) is 0 Å². The van der Waals surface area contributed by atoms with E-state index in [0.717, 1.165) is 116 Å². The van der Waals surface area contributed by atoms with Gasteiger partial charge in [0.15, 0.2) is 6.10 Å². The Morgan fingerprint density at radius 3 is 0.827 bits per heavy atom. The Hall–Kier alpha value is -3.67. The van der Waals surface area contributed by atoms with Crippen LogP contribution < -0.4 is 0 Å². The van der Waals surface area contributed by atoms with Gasteiger partial charge in [-0.15, -0.1) is 0 Å². The van der Waals surface area contributed by atoms with Gasteiger partial charge < -0.3 is 14.2 Å². The van der Waals surface area contributed by atoms with E-state index in [0.29, 0.717) is 19.3 Å². The molecule has 0 saturated heterocycles. The molecule has 1 atom stereocenters. The van der Waals surface area contributed by atoms with E-state index in [1.54, 1.807) is 0 Å². The molecule has 0 aliphatic rings. The smallest absolute Gasteiger partial charge is 0.306 e. The van der Waals surface area contributed by atoms with Gasteiger partial charge in [0.05, 0.1) is 0 Å². The van der Waals surface area contributed by atoms with Gasteiger partial charge in [0, 0.05) is 19.3 Å². The van der Waals surface area contributed by atoms with Gasteiger partial charge in [0.25, 0.3) is 0 Å². The van der Waals surface area contributed by atoms with Gasteiger partial charge in [-0.3, -0.25) is 14.4 Å². The molecule has 0 radical (unpaired) electrons. The molecule has 0 aliphatic heterocycles. The van der Waals surface area contributed by atoms with Crippen LogP contribution in [0, 0.1) is 0 Å². The van der Waals surface area contributed by atoms with Crippen molar-refractivity contribution >= 4 is 17.9 Å². The first-order valence-corrected chi connectivity index (χ1v) is 31.7. The van der Waals surface area contributed by atoms with Crippen molar-refractivity contribution in [2.24, 2.45) is 0 Å². The highest BCUT2D eigenvalue weighted by Crippen LogP contribution is 2.15. The standard InChI is InChI=1S/C69H118O6/c1-4-7-10-13-16-19-22-25-28-29-30-31-32-33-34-35-36-37-38-39-40-41-42-45-47-50-53-56-59-62-68(71)74-65-66(75-69(72)63-60-57-54-51-48-44-27-24-21-18-15-12-9-6-3)64-73-67(70)61-58-55-52-49-46-43-26-23-20-17-14-11-8-5-2/h7,10,16,19,23-28,30-31,33-34,36-37,66H,4-6,8-9,11-15,17-18,20-22,29,32,35,38-65H2,1-3H3/b10-7-,19-16-,26-23-,27-24-,28-25-,31-30-,34-33-,37-36-. The first-order valence-electron chi connectivity index (χ1n) is 31.7. The third-order valence-corrected chi connectivity index (χ3v) is 13.5. The van der Waals surface area contributed by atoms with Crippen molar-refractivity contribution in [1.29, 1.82) is 0 Å². The number of unbranched alkanes of at least 4 members (excludes halogenated alkanes) is 30. The fourth-order valence-electron chi connectivity index (χ4n) is 8.79. The lowest BCUT2D eigenvalue weighted by molar-refractivity contribution is -0.167. The van der Waals surface area contributed by atoms with Crippen molar-refractivity contribution in [1.82, 2.24) is 0 Å². The van der Waals surface area contributed by atoms with E-state index in [2.05, 4.69) is 118 Å². The second kappa shape index (κ2) is 62.9. The molecule has 430 valence electrons. The maximum Gasteiger partial charge on any atom is 0.306 e. The summed E-state index contributed by atoms with van der Waals surface area (Å²) in [7, 11) is 0. The lowest BCUT2D eigenvalue weighted by Gasteiger charge is -2.18. The van der Waals surface area contributed by atoms with E-state index < -0.39 is 6.10 Å². The maximum atomic E-state index is 12.9. The minimum atomic E-state index is -0.787. The third kappa shape index (κ3) is 61.1. The zero-order chi connectivity index (χ0) is 54.3.